The van der Waals surface area contributed by atoms with E-state index in [0.717, 1.165) is 24.2 Å². The van der Waals surface area contributed by atoms with E-state index in [1.54, 1.807) is 6.07 Å². The smallest absolute Gasteiger partial charge is 0.280 e. The minimum atomic E-state index is -0.986. The van der Waals surface area contributed by atoms with Crippen molar-refractivity contribution >= 4 is 24.6 Å². The number of aromatic amines is 1. The Morgan fingerprint density at radius 2 is 2.04 bits per heavy atom. The van der Waals surface area contributed by atoms with E-state index in [-0.39, 0.29) is 11.8 Å². The molecule has 0 aliphatic heterocycles. The van der Waals surface area contributed by atoms with Gasteiger partial charge in [-0.1, -0.05) is 6.92 Å². The van der Waals surface area contributed by atoms with E-state index < -0.39 is 11.6 Å². The average molecular weight is 374 g/mol. The Labute approximate surface area is 155 Å². The van der Waals surface area contributed by atoms with Gasteiger partial charge >= 0.3 is 0 Å². The molecule has 27 heavy (non-hydrogen) atoms. The lowest BCUT2D eigenvalue weighted by atomic mass is 9.99. The van der Waals surface area contributed by atoms with Crippen LogP contribution in [0.4, 0.5) is 14.5 Å². The van der Waals surface area contributed by atoms with E-state index in [4.69, 9.17) is 16.9 Å². The molecule has 0 fully saturated rings. The molecule has 0 amide bonds. The van der Waals surface area contributed by atoms with Crippen molar-refractivity contribution < 1.29 is 14.2 Å². The van der Waals surface area contributed by atoms with Crippen LogP contribution in [0.25, 0.3) is 0 Å². The quantitative estimate of drug-likeness (QED) is 0.315. The molecule has 1 aromatic heterocycles. The first kappa shape index (κ1) is 19.8. The first-order chi connectivity index (χ1) is 12.9. The van der Waals surface area contributed by atoms with E-state index >= 15 is 0 Å². The molecule has 0 saturated carbocycles. The lowest BCUT2D eigenvalue weighted by molar-refractivity contribution is -0.106. The molecule has 9 heteroatoms. The maximum Gasteiger partial charge on any atom is 0.280 e. The molecule has 0 spiro atoms. The molecule has 2 rings (SSSR count). The topological polar surface area (TPSA) is 121 Å². The molecule has 1 atom stereocenters. The van der Waals surface area contributed by atoms with Crippen LogP contribution in [0.2, 0.25) is 0 Å². The summed E-state index contributed by atoms with van der Waals surface area (Å²) in [6.45, 7) is 5.41. The third kappa shape index (κ3) is 4.57. The predicted molar refractivity (Wildman–Crippen MR) is 103 cm³/mol. The van der Waals surface area contributed by atoms with Crippen molar-refractivity contribution in [1.82, 2.24) is 4.98 Å². The zero-order valence-electron chi connectivity index (χ0n) is 14.9. The summed E-state index contributed by atoms with van der Waals surface area (Å²) in [5.41, 5.74) is 14.2. The standard InChI is InChI=1S/C18H21F2N7/c1-3-12(16-6-7-17(26-16)18(23)25-10-21)15(22)9-27(24-2)11-4-5-13(19)14(20)8-11/h4-10,12,26H,2-3,22H2,1H3,(H3,21,23,25)/p+1/b15-9-. The maximum atomic E-state index is 13.5. The summed E-state index contributed by atoms with van der Waals surface area (Å²) >= 11 is 0. The van der Waals surface area contributed by atoms with Gasteiger partial charge in [-0.25, -0.2) is 13.8 Å². The molecule has 7 N–H and O–H groups in total. The lowest BCUT2D eigenvalue weighted by Gasteiger charge is -2.19. The average Bonchev–Trinajstić information content (AvgIpc) is 3.13. The number of nitrogens with one attached hydrogen (secondary N) is 1. The van der Waals surface area contributed by atoms with Crippen molar-refractivity contribution in [3.63, 3.8) is 0 Å². The molecule has 1 unspecified atom stereocenters. The van der Waals surface area contributed by atoms with Gasteiger partial charge < -0.3 is 16.5 Å². The van der Waals surface area contributed by atoms with Gasteiger partial charge in [0, 0.05) is 36.3 Å². The van der Waals surface area contributed by atoms with Gasteiger partial charge in [0.15, 0.2) is 11.6 Å². The number of allylic oxidation sites excluding steroid dienone is 1. The number of rotatable bonds is 8. The van der Waals surface area contributed by atoms with Gasteiger partial charge in [-0.2, -0.15) is 5.10 Å². The molecule has 1 aromatic carbocycles. The molecular weight excluding hydrogens is 352 g/mol. The number of aliphatic imine (C=N–C) groups is 1. The summed E-state index contributed by atoms with van der Waals surface area (Å²) in [5.74, 6) is -1.88. The molecule has 0 saturated heterocycles. The largest absolute Gasteiger partial charge is 0.400 e. The number of aromatic nitrogens is 1. The highest BCUT2D eigenvalue weighted by Crippen LogP contribution is 2.26. The van der Waals surface area contributed by atoms with Crippen molar-refractivity contribution in [2.75, 3.05) is 5.01 Å². The Balaban J connectivity index is 2.32. The molecule has 0 aliphatic carbocycles. The van der Waals surface area contributed by atoms with E-state index in [0.29, 0.717) is 23.5 Å². The van der Waals surface area contributed by atoms with E-state index in [1.165, 1.54) is 17.3 Å². The van der Waals surface area contributed by atoms with Gasteiger partial charge in [-0.3, -0.25) is 5.41 Å². The zero-order valence-corrected chi connectivity index (χ0v) is 14.9. The van der Waals surface area contributed by atoms with Crippen LogP contribution >= 0.6 is 0 Å². The Morgan fingerprint density at radius 3 is 2.63 bits per heavy atom. The fourth-order valence-electron chi connectivity index (χ4n) is 2.61. The van der Waals surface area contributed by atoms with Crippen molar-refractivity contribution in [2.24, 2.45) is 21.6 Å². The Bertz CT molecular complexity index is 886. The second-order valence-electron chi connectivity index (χ2n) is 5.67. The highest BCUT2D eigenvalue weighted by atomic mass is 19.2. The van der Waals surface area contributed by atoms with Gasteiger partial charge in [0.05, 0.1) is 5.69 Å². The van der Waals surface area contributed by atoms with Gasteiger partial charge in [-0.05, 0) is 35.7 Å². The fraction of sp³-hybridized carbons (Fsp3) is 0.167. The Morgan fingerprint density at radius 1 is 1.30 bits per heavy atom. The summed E-state index contributed by atoms with van der Waals surface area (Å²) in [6.07, 6.45) is 3.29. The lowest BCUT2D eigenvalue weighted by Crippen LogP contribution is -2.30. The summed E-state index contributed by atoms with van der Waals surface area (Å²) in [5, 5.41) is 10.3. The van der Waals surface area contributed by atoms with Gasteiger partial charge in [0.2, 0.25) is 0 Å². The third-order valence-corrected chi connectivity index (χ3v) is 3.98. The summed E-state index contributed by atoms with van der Waals surface area (Å²) in [6, 6.07) is 7.02. The normalized spacial score (nSPS) is 13.3. The van der Waals surface area contributed by atoms with Crippen LogP contribution in [-0.2, 0) is 0 Å². The number of amidine groups is 1. The van der Waals surface area contributed by atoms with Crippen LogP contribution in [0.5, 0.6) is 0 Å². The van der Waals surface area contributed by atoms with Crippen LogP contribution < -0.4 is 21.9 Å². The molecule has 142 valence electrons. The number of halogens is 2. The SMILES string of the molecule is C=NN(/C=C(\N)C(CC)c1ccc(C(N)=NC=[NH2+])[nH]1)c1ccc(F)c(F)c1. The molecule has 7 nitrogen and oxygen atoms in total. The van der Waals surface area contributed by atoms with Crippen LogP contribution in [0, 0.1) is 11.6 Å². The van der Waals surface area contributed by atoms with E-state index in [2.05, 4.69) is 21.8 Å². The number of hydrogen-bond acceptors (Lipinski definition) is 3. The molecule has 0 aliphatic rings. The van der Waals surface area contributed by atoms with Crippen LogP contribution in [0.15, 0.2) is 52.3 Å². The number of anilines is 1. The fourth-order valence-corrected chi connectivity index (χ4v) is 2.61. The molecule has 0 bridgehead atoms. The van der Waals surface area contributed by atoms with Crippen LogP contribution in [-0.4, -0.2) is 23.9 Å². The van der Waals surface area contributed by atoms with Crippen LogP contribution in [0.3, 0.4) is 0 Å². The predicted octanol–water partition coefficient (Wildman–Crippen LogP) is 1.20. The van der Waals surface area contributed by atoms with Crippen molar-refractivity contribution in [3.05, 3.63) is 65.3 Å². The summed E-state index contributed by atoms with van der Waals surface area (Å²) in [7, 11) is 0. The highest BCUT2D eigenvalue weighted by Gasteiger charge is 2.18. The van der Waals surface area contributed by atoms with E-state index in [1.807, 2.05) is 13.0 Å². The van der Waals surface area contributed by atoms with Crippen molar-refractivity contribution in [2.45, 2.75) is 19.3 Å². The van der Waals surface area contributed by atoms with Gasteiger partial charge in [0.1, 0.15) is 5.69 Å². The Kier molecular flexibility index (Phi) is 6.42. The van der Waals surface area contributed by atoms with Crippen molar-refractivity contribution in [1.29, 1.82) is 0 Å². The molecule has 2 aromatic rings. The van der Waals surface area contributed by atoms with Crippen molar-refractivity contribution in [3.8, 4) is 0 Å². The minimum Gasteiger partial charge on any atom is -0.400 e. The third-order valence-electron chi connectivity index (χ3n) is 3.98. The van der Waals surface area contributed by atoms with Gasteiger partial charge in [0.25, 0.3) is 12.2 Å². The van der Waals surface area contributed by atoms with Gasteiger partial charge in [-0.15, -0.1) is 0 Å². The maximum absolute atomic E-state index is 13.5. The number of benzene rings is 1. The monoisotopic (exact) mass is 374 g/mol. The summed E-state index contributed by atoms with van der Waals surface area (Å²) < 4.78 is 26.6. The first-order valence-corrected chi connectivity index (χ1v) is 8.15. The number of nitrogens with two attached hydrogens (primary N) is 3. The summed E-state index contributed by atoms with van der Waals surface area (Å²) in [4.78, 5) is 6.98. The second-order valence-corrected chi connectivity index (χ2v) is 5.67. The number of hydrogen-bond donors (Lipinski definition) is 4. The molecule has 1 heterocycles. The van der Waals surface area contributed by atoms with E-state index in [9.17, 15) is 8.78 Å². The Hall–Kier alpha value is -3.49. The minimum absolute atomic E-state index is 0.192. The van der Waals surface area contributed by atoms with Crippen LogP contribution in [0.1, 0.15) is 30.7 Å². The zero-order chi connectivity index (χ0) is 20.0. The second kappa shape index (κ2) is 8.75. The number of nitrogens with zero attached hydrogens (tertiary/aromatic N) is 3. The molecule has 0 radical (unpaired) electrons. The number of H-pyrrole nitrogens is 1. The first-order valence-electron chi connectivity index (χ1n) is 8.15. The highest BCUT2D eigenvalue weighted by molar-refractivity contribution is 5.99. The number of hydrazone groups is 1. The molecular formula is C18H22F2N7+.